The summed E-state index contributed by atoms with van der Waals surface area (Å²) in [6.45, 7) is 10.6. The maximum atomic E-state index is 5.29. The number of rotatable bonds is 3. The third-order valence-electron chi connectivity index (χ3n) is 7.74. The quantitative estimate of drug-likeness (QED) is 0.417. The van der Waals surface area contributed by atoms with Crippen molar-refractivity contribution >= 4 is 25.1 Å². The smallest absolute Gasteiger partial charge is 0.186 e. The Morgan fingerprint density at radius 1 is 0.879 bits per heavy atom. The molecule has 5 rings (SSSR count). The first-order valence-electron chi connectivity index (χ1n) is 12.1. The molecule has 3 nitrogen and oxygen atoms in total. The summed E-state index contributed by atoms with van der Waals surface area (Å²) in [6.07, 6.45) is 1.13. The summed E-state index contributed by atoms with van der Waals surface area (Å²) >= 11 is 0. The summed E-state index contributed by atoms with van der Waals surface area (Å²) in [7, 11) is 2.27. The van der Waals surface area contributed by atoms with Crippen molar-refractivity contribution in [1.29, 1.82) is 0 Å². The zero-order chi connectivity index (χ0) is 23.2. The van der Waals surface area contributed by atoms with Crippen LogP contribution in [0, 0.1) is 5.41 Å². The van der Waals surface area contributed by atoms with Gasteiger partial charge in [-0.1, -0.05) is 86.6 Å². The van der Waals surface area contributed by atoms with E-state index in [-0.39, 0.29) is 11.0 Å². The minimum Gasteiger partial charge on any atom is -0.379 e. The molecule has 0 saturated carbocycles. The summed E-state index contributed by atoms with van der Waals surface area (Å²) in [5, 5.41) is 3.97. The van der Waals surface area contributed by atoms with Crippen LogP contribution >= 0.6 is 0 Å². The van der Waals surface area contributed by atoms with E-state index >= 15 is 0 Å². The number of aliphatic imine (C=N–C) groups is 1. The van der Waals surface area contributed by atoms with Gasteiger partial charge < -0.3 is 10.1 Å². The molecule has 1 saturated heterocycles. The molecule has 3 aromatic rings. The molecule has 0 spiro atoms. The van der Waals surface area contributed by atoms with Crippen molar-refractivity contribution in [1.82, 2.24) is 4.81 Å². The fraction of sp³-hybridized carbons (Fsp3) is 0.345. The zero-order valence-corrected chi connectivity index (χ0v) is 20.5. The van der Waals surface area contributed by atoms with Crippen LogP contribution in [0.1, 0.15) is 56.7 Å². The van der Waals surface area contributed by atoms with Crippen LogP contribution in [-0.2, 0) is 0 Å². The Morgan fingerprint density at radius 2 is 1.48 bits per heavy atom. The number of fused-ring (bicyclic) bond motifs is 3. The van der Waals surface area contributed by atoms with Gasteiger partial charge in [-0.25, -0.2) is 4.99 Å². The topological polar surface area (TPSA) is 27.6 Å². The largest absolute Gasteiger partial charge is 0.379 e. The molecule has 0 bridgehead atoms. The summed E-state index contributed by atoms with van der Waals surface area (Å²) in [4.78, 5) is 7.83. The third kappa shape index (κ3) is 4.02. The van der Waals surface area contributed by atoms with Gasteiger partial charge >= 0.3 is 0 Å². The van der Waals surface area contributed by atoms with Crippen molar-refractivity contribution in [3.05, 3.63) is 95.6 Å². The Bertz CT molecular complexity index is 1130. The van der Waals surface area contributed by atoms with Crippen LogP contribution in [0.25, 0.3) is 0 Å². The van der Waals surface area contributed by atoms with E-state index in [1.54, 1.807) is 0 Å². The van der Waals surface area contributed by atoms with Crippen molar-refractivity contribution in [3.8, 4) is 0 Å². The maximum Gasteiger partial charge on any atom is 0.186 e. The molecular weight excluding hydrogens is 401 g/mol. The molecule has 0 aromatic heterocycles. The highest BCUT2D eigenvalue weighted by Crippen LogP contribution is 2.52. The second-order valence-corrected chi connectivity index (χ2v) is 11.0. The lowest BCUT2D eigenvalue weighted by Gasteiger charge is -2.39. The summed E-state index contributed by atoms with van der Waals surface area (Å²) < 4.78 is 0. The van der Waals surface area contributed by atoms with E-state index in [1.807, 2.05) is 0 Å². The number of hydrogen-bond donors (Lipinski definition) is 1. The van der Waals surface area contributed by atoms with Gasteiger partial charge in [-0.3, -0.25) is 0 Å². The van der Waals surface area contributed by atoms with Gasteiger partial charge in [-0.2, -0.15) is 0 Å². The standard InChI is InChI=1S/C29H34BN3/c1-28(2)19-33(30)29(3,4)18-23-22-16-11-17-24(26(22)32-27(23)28)31-25(20-12-7-5-8-13-20)21-14-9-6-10-15-21/h5-17,23,27,32H,18-19,30H2,1-4H3/t23-,27+/m0/s1. The van der Waals surface area contributed by atoms with Crippen molar-refractivity contribution < 1.29 is 0 Å². The molecular formula is C29H34BN3. The van der Waals surface area contributed by atoms with Crippen LogP contribution in [0.2, 0.25) is 0 Å². The summed E-state index contributed by atoms with van der Waals surface area (Å²) in [6, 6.07) is 28.1. The SMILES string of the molecule is BN1CC(C)(C)[C@@H]2Nc3c(N=C(c4ccccc4)c4ccccc4)cccc3[C@@H]2CC1(C)C. The number of anilines is 1. The average molecular weight is 435 g/mol. The fourth-order valence-corrected chi connectivity index (χ4v) is 5.75. The molecule has 0 amide bonds. The predicted octanol–water partition coefficient (Wildman–Crippen LogP) is 5.79. The molecule has 1 fully saturated rings. The Hall–Kier alpha value is -2.85. The minimum atomic E-state index is 0.148. The van der Waals surface area contributed by atoms with E-state index in [2.05, 4.69) is 125 Å². The third-order valence-corrected chi connectivity index (χ3v) is 7.74. The van der Waals surface area contributed by atoms with E-state index < -0.39 is 0 Å². The fourth-order valence-electron chi connectivity index (χ4n) is 5.75. The minimum absolute atomic E-state index is 0.148. The zero-order valence-electron chi connectivity index (χ0n) is 20.5. The van der Waals surface area contributed by atoms with Crippen LogP contribution in [0.4, 0.5) is 11.4 Å². The van der Waals surface area contributed by atoms with Gasteiger partial charge in [0.25, 0.3) is 0 Å². The van der Waals surface area contributed by atoms with Crippen LogP contribution in [0.5, 0.6) is 0 Å². The second kappa shape index (κ2) is 8.18. The lowest BCUT2D eigenvalue weighted by molar-refractivity contribution is 0.186. The number of benzene rings is 3. The number of nitrogens with zero attached hydrogens (tertiary/aromatic N) is 2. The van der Waals surface area contributed by atoms with Crippen molar-refractivity contribution in [2.24, 2.45) is 10.4 Å². The molecule has 2 atom stereocenters. The average Bonchev–Trinajstić information content (AvgIpc) is 3.15. The van der Waals surface area contributed by atoms with Crippen LogP contribution in [0.15, 0.2) is 83.9 Å². The van der Waals surface area contributed by atoms with Gasteiger partial charge in [0.05, 0.1) is 17.1 Å². The van der Waals surface area contributed by atoms with Gasteiger partial charge in [0.2, 0.25) is 0 Å². The van der Waals surface area contributed by atoms with E-state index in [0.717, 1.165) is 35.5 Å². The normalized spacial score (nSPS) is 23.0. The van der Waals surface area contributed by atoms with Gasteiger partial charge in [0.1, 0.15) is 0 Å². The van der Waals surface area contributed by atoms with Crippen LogP contribution in [0.3, 0.4) is 0 Å². The second-order valence-electron chi connectivity index (χ2n) is 11.0. The number of para-hydroxylation sites is 1. The van der Waals surface area contributed by atoms with Crippen molar-refractivity contribution in [3.63, 3.8) is 0 Å². The van der Waals surface area contributed by atoms with Crippen LogP contribution < -0.4 is 5.32 Å². The molecule has 1 N–H and O–H groups in total. The highest BCUT2D eigenvalue weighted by atomic mass is 15.1. The monoisotopic (exact) mass is 435 g/mol. The molecule has 2 heterocycles. The lowest BCUT2D eigenvalue weighted by atomic mass is 9.75. The highest BCUT2D eigenvalue weighted by molar-refractivity contribution is 6.14. The van der Waals surface area contributed by atoms with E-state index in [4.69, 9.17) is 4.99 Å². The molecule has 2 aliphatic heterocycles. The van der Waals surface area contributed by atoms with E-state index in [0.29, 0.717) is 12.0 Å². The van der Waals surface area contributed by atoms with Crippen LogP contribution in [-0.4, -0.2) is 36.6 Å². The molecule has 3 aromatic carbocycles. The van der Waals surface area contributed by atoms with E-state index in [1.165, 1.54) is 11.3 Å². The van der Waals surface area contributed by atoms with Gasteiger partial charge in [0.15, 0.2) is 7.98 Å². The van der Waals surface area contributed by atoms with E-state index in [9.17, 15) is 0 Å². The highest BCUT2D eigenvalue weighted by Gasteiger charge is 2.48. The van der Waals surface area contributed by atoms with Crippen molar-refractivity contribution in [2.45, 2.75) is 51.6 Å². The molecule has 33 heavy (non-hydrogen) atoms. The predicted molar refractivity (Wildman–Crippen MR) is 143 cm³/mol. The molecule has 0 aliphatic carbocycles. The Morgan fingerprint density at radius 3 is 2.09 bits per heavy atom. The summed E-state index contributed by atoms with van der Waals surface area (Å²) in [5.74, 6) is 0.474. The molecule has 4 heteroatoms. The van der Waals surface area contributed by atoms with Gasteiger partial charge in [-0.15, -0.1) is 0 Å². The Balaban J connectivity index is 1.63. The first-order chi connectivity index (χ1) is 15.8. The molecule has 168 valence electrons. The number of nitrogens with one attached hydrogen (secondary N) is 1. The van der Waals surface area contributed by atoms with Crippen molar-refractivity contribution in [2.75, 3.05) is 11.9 Å². The first kappa shape index (κ1) is 22.0. The summed E-state index contributed by atoms with van der Waals surface area (Å²) in [5.41, 5.74) is 7.24. The number of hydrogen-bond acceptors (Lipinski definition) is 3. The van der Waals surface area contributed by atoms with Gasteiger partial charge in [-0.05, 0) is 43.9 Å². The maximum absolute atomic E-state index is 5.29. The molecule has 2 aliphatic rings. The Kier molecular flexibility index (Phi) is 5.45. The Labute approximate surface area is 199 Å². The lowest BCUT2D eigenvalue weighted by Crippen LogP contribution is -2.46. The van der Waals surface area contributed by atoms with Gasteiger partial charge in [0, 0.05) is 28.6 Å². The molecule has 0 radical (unpaired) electrons. The molecule has 0 unspecified atom stereocenters. The first-order valence-corrected chi connectivity index (χ1v) is 12.1.